The van der Waals surface area contributed by atoms with Gasteiger partial charge in [0.15, 0.2) is 0 Å². The van der Waals surface area contributed by atoms with Gasteiger partial charge in [0.25, 0.3) is 11.8 Å². The molecule has 2 atom stereocenters. The van der Waals surface area contributed by atoms with Crippen molar-refractivity contribution < 1.29 is 19.2 Å². The molecule has 14 heteroatoms. The summed E-state index contributed by atoms with van der Waals surface area (Å²) in [5.74, 6) is 0.489. The molecule has 2 saturated carbocycles. The van der Waals surface area contributed by atoms with E-state index in [0.29, 0.717) is 12.2 Å². The first kappa shape index (κ1) is 38.4. The largest absolute Gasteiger partial charge is 0.365 e. The molecule has 6 aliphatic rings. The Kier molecular flexibility index (Phi) is 9.45. The molecule has 4 amide bonds. The van der Waals surface area contributed by atoms with Gasteiger partial charge in [-0.05, 0) is 117 Å². The maximum Gasteiger partial charge on any atom is 0.253 e. The van der Waals surface area contributed by atoms with Crippen molar-refractivity contribution in [3.63, 3.8) is 0 Å². The summed E-state index contributed by atoms with van der Waals surface area (Å²) in [4.78, 5) is 69.5. The molecule has 2 aliphatic heterocycles. The number of carbonyl (C=O) groups excluding carboxylic acids is 4. The van der Waals surface area contributed by atoms with Crippen LogP contribution in [0.5, 0.6) is 0 Å². The molecular formula is C47H48N10O4. The van der Waals surface area contributed by atoms with Crippen molar-refractivity contribution in [1.29, 1.82) is 0 Å². The second-order valence-corrected chi connectivity index (χ2v) is 17.1. The number of anilines is 2. The lowest BCUT2D eigenvalue weighted by molar-refractivity contribution is -0.117. The van der Waals surface area contributed by atoms with Gasteiger partial charge >= 0.3 is 0 Å². The topological polar surface area (TPSA) is 199 Å². The predicted octanol–water partition coefficient (Wildman–Crippen LogP) is 5.59. The van der Waals surface area contributed by atoms with Gasteiger partial charge in [0, 0.05) is 83.7 Å². The third kappa shape index (κ3) is 6.99. The van der Waals surface area contributed by atoms with Crippen LogP contribution in [-0.2, 0) is 48.1 Å². The van der Waals surface area contributed by atoms with E-state index in [1.807, 2.05) is 31.5 Å². The number of nitrogens with one attached hydrogen (secondary N) is 7. The summed E-state index contributed by atoms with van der Waals surface area (Å²) in [6, 6.07) is 6.24. The number of pyridine rings is 3. The van der Waals surface area contributed by atoms with Gasteiger partial charge < -0.3 is 36.6 Å². The molecule has 7 N–H and O–H groups in total. The minimum Gasteiger partial charge on any atom is -0.365 e. The Bertz CT molecular complexity index is 2700. The van der Waals surface area contributed by atoms with Crippen molar-refractivity contribution in [2.24, 2.45) is 0 Å². The third-order valence-corrected chi connectivity index (χ3v) is 13.2. The lowest BCUT2D eigenvalue weighted by atomic mass is 9.87. The first-order valence-corrected chi connectivity index (χ1v) is 21.3. The van der Waals surface area contributed by atoms with Crippen LogP contribution in [0.4, 0.5) is 11.5 Å². The maximum absolute atomic E-state index is 12.8. The molecule has 7 heterocycles. The Morgan fingerprint density at radius 1 is 0.787 bits per heavy atom. The van der Waals surface area contributed by atoms with Crippen LogP contribution in [0.15, 0.2) is 62.1 Å². The van der Waals surface area contributed by atoms with Crippen molar-refractivity contribution >= 4 is 35.1 Å². The van der Waals surface area contributed by atoms with Crippen LogP contribution in [0.25, 0.3) is 33.8 Å². The highest BCUT2D eigenvalue weighted by atomic mass is 16.2. The minimum atomic E-state index is -0.282. The Morgan fingerprint density at radius 3 is 2.21 bits per heavy atom. The van der Waals surface area contributed by atoms with E-state index in [1.165, 1.54) is 17.7 Å². The van der Waals surface area contributed by atoms with E-state index in [0.717, 1.165) is 155 Å². The molecule has 0 radical (unpaired) electrons. The lowest BCUT2D eigenvalue weighted by Crippen LogP contribution is -2.43. The van der Waals surface area contributed by atoms with Gasteiger partial charge in [-0.1, -0.05) is 13.2 Å². The first-order chi connectivity index (χ1) is 29.6. The van der Waals surface area contributed by atoms with Crippen molar-refractivity contribution in [2.45, 2.75) is 95.2 Å². The Balaban J connectivity index is 0.000000146. The van der Waals surface area contributed by atoms with E-state index < -0.39 is 0 Å². The summed E-state index contributed by atoms with van der Waals surface area (Å²) in [7, 11) is 0. The summed E-state index contributed by atoms with van der Waals surface area (Å²) in [6.07, 6.45) is 18.4. The number of H-pyrrole nitrogens is 2. The average molecular weight is 817 g/mol. The molecule has 61 heavy (non-hydrogen) atoms. The minimum absolute atomic E-state index is 0.00131. The van der Waals surface area contributed by atoms with E-state index >= 15 is 0 Å². The highest BCUT2D eigenvalue weighted by Crippen LogP contribution is 2.46. The van der Waals surface area contributed by atoms with Crippen LogP contribution < -0.4 is 26.6 Å². The standard InChI is InChI=1S/C24H27N5O2.C23H21N5O2/c1-2-20(30)27-17-5-3-4-16(17)26-19-10-15-13(12-25-19)6-7-14-21-18(28-22(14)15)11-24(8-9-24)29-23(21)31;1-3-20(29)27-18-8-14(11-25-12(18)2)19-9-16-13(10-26-19)4-5-15-21-17(28-22(15)16)6-7-24-23(21)30/h2,10,12,16-17,28H,1,3-9,11H2,(H,25,26)(H,27,30)(H,29,31);3,8-11,28H,1,4-7H2,2H3,(H,24,30)(H,27,29). The first-order valence-electron chi connectivity index (χ1n) is 21.3. The van der Waals surface area contributed by atoms with Crippen molar-refractivity contribution in [3.8, 4) is 33.8 Å². The Morgan fingerprint density at radius 2 is 1.48 bits per heavy atom. The van der Waals surface area contributed by atoms with Gasteiger partial charge in [-0.2, -0.15) is 0 Å². The van der Waals surface area contributed by atoms with Gasteiger partial charge in [0.1, 0.15) is 5.82 Å². The fourth-order valence-corrected chi connectivity index (χ4v) is 9.86. The fourth-order valence-electron chi connectivity index (χ4n) is 9.86. The molecule has 4 aliphatic carbocycles. The zero-order chi connectivity index (χ0) is 42.0. The van der Waals surface area contributed by atoms with Crippen LogP contribution in [0.1, 0.15) is 92.2 Å². The average Bonchev–Trinajstić information content (AvgIpc) is 3.54. The third-order valence-electron chi connectivity index (χ3n) is 13.2. The molecule has 0 bridgehead atoms. The van der Waals surface area contributed by atoms with Gasteiger partial charge in [-0.15, -0.1) is 0 Å². The number of carbonyl (C=O) groups is 4. The van der Waals surface area contributed by atoms with Gasteiger partial charge in [0.05, 0.1) is 39.6 Å². The number of aryl methyl sites for hydroxylation is 3. The molecule has 14 nitrogen and oxygen atoms in total. The summed E-state index contributed by atoms with van der Waals surface area (Å²) in [5.41, 5.74) is 15.6. The van der Waals surface area contributed by atoms with E-state index in [4.69, 9.17) is 0 Å². The molecule has 310 valence electrons. The number of hydrogen-bond acceptors (Lipinski definition) is 8. The molecule has 2 unspecified atom stereocenters. The normalized spacial score (nSPS) is 19.5. The fraction of sp³-hybridized carbons (Fsp3) is 0.340. The number of aromatic nitrogens is 5. The van der Waals surface area contributed by atoms with Gasteiger partial charge in [0.2, 0.25) is 11.8 Å². The monoisotopic (exact) mass is 816 g/mol. The Hall–Kier alpha value is -6.83. The van der Waals surface area contributed by atoms with Crippen LogP contribution in [-0.4, -0.2) is 72.7 Å². The number of nitrogens with zero attached hydrogens (tertiary/aromatic N) is 3. The molecule has 5 aromatic rings. The number of aromatic amines is 2. The van der Waals surface area contributed by atoms with E-state index in [9.17, 15) is 19.2 Å². The smallest absolute Gasteiger partial charge is 0.253 e. The SMILES string of the molecule is C=CC(=O)NC1CCCC1Nc1cc2c(cn1)CCc1c-2[nH]c2c1C(=O)NC1(CC1)C2.C=CC(=O)Nc1cc(-c2cc3c(cn2)CCc2c-3[nH]c3c2C(=O)NCC3)cnc1C. The molecule has 11 rings (SSSR count). The second-order valence-electron chi connectivity index (χ2n) is 17.1. The summed E-state index contributed by atoms with van der Waals surface area (Å²) >= 11 is 0. The number of rotatable bonds is 7. The van der Waals surface area contributed by atoms with E-state index in [-0.39, 0.29) is 41.3 Å². The number of fused-ring (bicyclic) bond motifs is 10. The number of hydrogen-bond donors (Lipinski definition) is 7. The lowest BCUT2D eigenvalue weighted by Gasteiger charge is -2.24. The van der Waals surface area contributed by atoms with Gasteiger partial charge in [-0.3, -0.25) is 29.1 Å². The van der Waals surface area contributed by atoms with E-state index in [1.54, 1.807) is 6.20 Å². The molecule has 1 spiro atoms. The zero-order valence-electron chi connectivity index (χ0n) is 34.1. The summed E-state index contributed by atoms with van der Waals surface area (Å²) < 4.78 is 0. The van der Waals surface area contributed by atoms with Crippen LogP contribution in [0.2, 0.25) is 0 Å². The predicted molar refractivity (Wildman–Crippen MR) is 232 cm³/mol. The van der Waals surface area contributed by atoms with Crippen LogP contribution in [0, 0.1) is 6.92 Å². The molecular weight excluding hydrogens is 769 g/mol. The highest BCUT2D eigenvalue weighted by Gasteiger charge is 2.49. The summed E-state index contributed by atoms with van der Waals surface area (Å²) in [6.45, 7) is 9.54. The molecule has 0 saturated heterocycles. The van der Waals surface area contributed by atoms with Crippen molar-refractivity contribution in [3.05, 3.63) is 113 Å². The van der Waals surface area contributed by atoms with Crippen molar-refractivity contribution in [1.82, 2.24) is 40.9 Å². The van der Waals surface area contributed by atoms with Gasteiger partial charge in [-0.25, -0.2) is 4.98 Å². The van der Waals surface area contributed by atoms with Crippen LogP contribution >= 0.6 is 0 Å². The van der Waals surface area contributed by atoms with E-state index in [2.05, 4.69) is 70.7 Å². The molecule has 2 fully saturated rings. The Labute approximate surface area is 352 Å². The van der Waals surface area contributed by atoms with Crippen molar-refractivity contribution in [2.75, 3.05) is 17.2 Å². The molecule has 5 aromatic heterocycles. The number of amides is 4. The summed E-state index contributed by atoms with van der Waals surface area (Å²) in [5, 5.41) is 15.5. The zero-order valence-corrected chi connectivity index (χ0v) is 34.1. The second kappa shape index (κ2) is 15.0. The quantitative estimate of drug-likeness (QED) is 0.103. The van der Waals surface area contributed by atoms with Crippen LogP contribution in [0.3, 0.4) is 0 Å². The maximum atomic E-state index is 12.8. The molecule has 0 aromatic carbocycles. The highest BCUT2D eigenvalue weighted by molar-refractivity contribution is 6.02.